The number of carbonyl (C=O) groups is 2. The van der Waals surface area contributed by atoms with Crippen LogP contribution in [0.15, 0.2) is 34.7 Å². The highest BCUT2D eigenvalue weighted by molar-refractivity contribution is 14.1. The average molecular weight is 399 g/mol. The molecule has 0 aliphatic heterocycles. The summed E-state index contributed by atoms with van der Waals surface area (Å²) in [5.74, 6) is 0.155. The van der Waals surface area contributed by atoms with Gasteiger partial charge in [0.1, 0.15) is 17.1 Å². The smallest absolute Gasteiger partial charge is 0.342 e. The van der Waals surface area contributed by atoms with E-state index in [4.69, 9.17) is 9.15 Å². The number of rotatable bonds is 4. The van der Waals surface area contributed by atoms with Gasteiger partial charge in [-0.2, -0.15) is 0 Å². The number of anilines is 1. The van der Waals surface area contributed by atoms with E-state index in [9.17, 15) is 9.59 Å². The Morgan fingerprint density at radius 2 is 1.90 bits per heavy atom. The fourth-order valence-electron chi connectivity index (χ4n) is 1.77. The summed E-state index contributed by atoms with van der Waals surface area (Å²) in [5, 5.41) is 2.65. The minimum Gasteiger partial charge on any atom is -0.466 e. The van der Waals surface area contributed by atoms with Gasteiger partial charge >= 0.3 is 5.97 Å². The predicted octanol–water partition coefficient (Wildman–Crippen LogP) is 3.30. The van der Waals surface area contributed by atoms with Gasteiger partial charge in [0.25, 0.3) is 5.91 Å². The maximum atomic E-state index is 11.8. The molecule has 1 N–H and O–H groups in total. The van der Waals surface area contributed by atoms with Crippen LogP contribution in [0.1, 0.15) is 21.9 Å². The molecule has 0 aliphatic carbocycles. The van der Waals surface area contributed by atoms with Crippen LogP contribution in [0.25, 0.3) is 0 Å². The van der Waals surface area contributed by atoms with E-state index in [-0.39, 0.29) is 12.5 Å². The molecular formula is C15H14INO4. The lowest BCUT2D eigenvalue weighted by atomic mass is 10.2. The molecule has 0 unspecified atom stereocenters. The Balaban J connectivity index is 1.88. The molecule has 21 heavy (non-hydrogen) atoms. The van der Waals surface area contributed by atoms with Crippen LogP contribution in [0.5, 0.6) is 0 Å². The first-order valence-corrected chi connectivity index (χ1v) is 7.33. The monoisotopic (exact) mass is 399 g/mol. The fraction of sp³-hybridized carbons (Fsp3) is 0.200. The van der Waals surface area contributed by atoms with E-state index in [0.29, 0.717) is 22.8 Å². The number of esters is 1. The molecule has 110 valence electrons. The van der Waals surface area contributed by atoms with Gasteiger partial charge < -0.3 is 14.5 Å². The molecule has 0 aliphatic rings. The molecule has 0 saturated heterocycles. The minimum atomic E-state index is -0.567. The van der Waals surface area contributed by atoms with Crippen molar-refractivity contribution in [2.45, 2.75) is 13.8 Å². The first-order chi connectivity index (χ1) is 9.95. The normalized spacial score (nSPS) is 10.2. The second-order valence-corrected chi connectivity index (χ2v) is 5.70. The molecule has 1 aromatic carbocycles. The number of benzene rings is 1. The third-order valence-corrected chi connectivity index (χ3v) is 3.44. The van der Waals surface area contributed by atoms with Crippen molar-refractivity contribution in [3.63, 3.8) is 0 Å². The molecule has 2 aromatic rings. The van der Waals surface area contributed by atoms with Gasteiger partial charge in [0.2, 0.25) is 0 Å². The lowest BCUT2D eigenvalue weighted by molar-refractivity contribution is -0.119. The van der Waals surface area contributed by atoms with Crippen LogP contribution in [-0.2, 0) is 9.53 Å². The Morgan fingerprint density at radius 1 is 1.24 bits per heavy atom. The Labute approximate surface area is 135 Å². The molecule has 0 atom stereocenters. The number of hydrogen-bond donors (Lipinski definition) is 1. The molecule has 1 amide bonds. The topological polar surface area (TPSA) is 68.5 Å². The molecule has 2 rings (SSSR count). The number of furan rings is 1. The van der Waals surface area contributed by atoms with Gasteiger partial charge in [0.05, 0.1) is 0 Å². The summed E-state index contributed by atoms with van der Waals surface area (Å²) < 4.78 is 11.3. The van der Waals surface area contributed by atoms with E-state index >= 15 is 0 Å². The van der Waals surface area contributed by atoms with Gasteiger partial charge in [-0.05, 0) is 66.8 Å². The van der Waals surface area contributed by atoms with E-state index in [0.717, 1.165) is 3.57 Å². The van der Waals surface area contributed by atoms with Gasteiger partial charge in [-0.1, -0.05) is 0 Å². The van der Waals surface area contributed by atoms with Crippen LogP contribution in [0, 0.1) is 17.4 Å². The quantitative estimate of drug-likeness (QED) is 0.633. The molecule has 0 fully saturated rings. The summed E-state index contributed by atoms with van der Waals surface area (Å²) in [4.78, 5) is 23.5. The summed E-state index contributed by atoms with van der Waals surface area (Å²) in [6, 6.07) is 8.91. The number of hydrogen-bond acceptors (Lipinski definition) is 4. The summed E-state index contributed by atoms with van der Waals surface area (Å²) in [7, 11) is 0. The van der Waals surface area contributed by atoms with E-state index < -0.39 is 5.97 Å². The van der Waals surface area contributed by atoms with Crippen molar-refractivity contribution in [1.29, 1.82) is 0 Å². The maximum Gasteiger partial charge on any atom is 0.342 e. The van der Waals surface area contributed by atoms with Crippen molar-refractivity contribution >= 4 is 40.2 Å². The maximum absolute atomic E-state index is 11.8. The highest BCUT2D eigenvalue weighted by atomic mass is 127. The van der Waals surface area contributed by atoms with Crippen molar-refractivity contribution in [2.24, 2.45) is 0 Å². The first kappa shape index (κ1) is 15.6. The Morgan fingerprint density at radius 3 is 2.48 bits per heavy atom. The lowest BCUT2D eigenvalue weighted by Crippen LogP contribution is -2.21. The van der Waals surface area contributed by atoms with Crippen LogP contribution in [0.4, 0.5) is 5.69 Å². The summed E-state index contributed by atoms with van der Waals surface area (Å²) in [5.41, 5.74) is 1.00. The number of ether oxygens (including phenoxy) is 1. The Kier molecular flexibility index (Phi) is 5.00. The van der Waals surface area contributed by atoms with Crippen molar-refractivity contribution in [1.82, 2.24) is 0 Å². The molecule has 6 heteroatoms. The zero-order chi connectivity index (χ0) is 15.4. The van der Waals surface area contributed by atoms with Crippen LogP contribution >= 0.6 is 22.6 Å². The van der Waals surface area contributed by atoms with Crippen molar-refractivity contribution in [3.05, 3.63) is 51.0 Å². The van der Waals surface area contributed by atoms with Crippen molar-refractivity contribution < 1.29 is 18.7 Å². The summed E-state index contributed by atoms with van der Waals surface area (Å²) >= 11 is 2.18. The third-order valence-electron chi connectivity index (χ3n) is 2.72. The third kappa shape index (κ3) is 4.32. The number of nitrogens with one attached hydrogen (secondary N) is 1. The molecule has 0 radical (unpaired) electrons. The highest BCUT2D eigenvalue weighted by Gasteiger charge is 2.16. The molecule has 1 heterocycles. The van der Waals surface area contributed by atoms with Crippen LogP contribution in [0.2, 0.25) is 0 Å². The van der Waals surface area contributed by atoms with Crippen LogP contribution in [0.3, 0.4) is 0 Å². The van der Waals surface area contributed by atoms with Gasteiger partial charge in [-0.25, -0.2) is 4.79 Å². The predicted molar refractivity (Wildman–Crippen MR) is 86.3 cm³/mol. The van der Waals surface area contributed by atoms with Gasteiger partial charge in [0.15, 0.2) is 6.61 Å². The lowest BCUT2D eigenvalue weighted by Gasteiger charge is -2.06. The zero-order valence-corrected chi connectivity index (χ0v) is 13.8. The minimum absolute atomic E-state index is 0.339. The standard InChI is InChI=1S/C15H14INO4/c1-9-7-13(10(2)21-9)15(19)20-8-14(18)17-12-5-3-11(16)4-6-12/h3-7H,8H2,1-2H3,(H,17,18). The average Bonchev–Trinajstić information content (AvgIpc) is 2.78. The Hall–Kier alpha value is -1.83. The number of halogens is 1. The number of carbonyl (C=O) groups excluding carboxylic acids is 2. The fourth-order valence-corrected chi connectivity index (χ4v) is 2.13. The molecule has 0 spiro atoms. The molecule has 0 bridgehead atoms. The van der Waals surface area contributed by atoms with E-state index in [1.807, 2.05) is 12.1 Å². The molecule has 1 aromatic heterocycles. The van der Waals surface area contributed by atoms with Crippen molar-refractivity contribution in [2.75, 3.05) is 11.9 Å². The Bertz CT molecular complexity index is 661. The largest absolute Gasteiger partial charge is 0.466 e. The second kappa shape index (κ2) is 6.75. The highest BCUT2D eigenvalue weighted by Crippen LogP contribution is 2.15. The molecule has 0 saturated carbocycles. The summed E-state index contributed by atoms with van der Waals surface area (Å²) in [6.07, 6.45) is 0. The number of aryl methyl sites for hydroxylation is 2. The second-order valence-electron chi connectivity index (χ2n) is 4.46. The van der Waals surface area contributed by atoms with E-state index in [1.54, 1.807) is 32.0 Å². The zero-order valence-electron chi connectivity index (χ0n) is 11.6. The first-order valence-electron chi connectivity index (χ1n) is 6.25. The van der Waals surface area contributed by atoms with E-state index in [2.05, 4.69) is 27.9 Å². The van der Waals surface area contributed by atoms with Gasteiger partial charge in [-0.3, -0.25) is 4.79 Å². The van der Waals surface area contributed by atoms with Gasteiger partial charge in [0, 0.05) is 9.26 Å². The van der Waals surface area contributed by atoms with Crippen molar-refractivity contribution in [3.8, 4) is 0 Å². The van der Waals surface area contributed by atoms with E-state index in [1.165, 1.54) is 0 Å². The van der Waals surface area contributed by atoms with Crippen LogP contribution < -0.4 is 5.32 Å². The SMILES string of the molecule is Cc1cc(C(=O)OCC(=O)Nc2ccc(I)cc2)c(C)o1. The summed E-state index contributed by atoms with van der Waals surface area (Å²) in [6.45, 7) is 3.08. The number of amides is 1. The van der Waals surface area contributed by atoms with Crippen LogP contribution in [-0.4, -0.2) is 18.5 Å². The van der Waals surface area contributed by atoms with Gasteiger partial charge in [-0.15, -0.1) is 0 Å². The molecule has 5 nitrogen and oxygen atoms in total. The molecular weight excluding hydrogens is 385 g/mol.